The monoisotopic (exact) mass is 409 g/mol. The minimum atomic E-state index is -0.451. The van der Waals surface area contributed by atoms with E-state index in [-0.39, 0.29) is 24.5 Å². The van der Waals surface area contributed by atoms with Crippen molar-refractivity contribution in [3.63, 3.8) is 0 Å². The van der Waals surface area contributed by atoms with Crippen LogP contribution in [0.25, 0.3) is 0 Å². The Balaban J connectivity index is 1.50. The van der Waals surface area contributed by atoms with E-state index >= 15 is 0 Å². The van der Waals surface area contributed by atoms with E-state index < -0.39 is 5.97 Å². The van der Waals surface area contributed by atoms with Crippen molar-refractivity contribution in [1.29, 1.82) is 0 Å². The van der Waals surface area contributed by atoms with E-state index in [1.807, 2.05) is 16.7 Å². The fourth-order valence-corrected chi connectivity index (χ4v) is 4.44. The van der Waals surface area contributed by atoms with Crippen LogP contribution in [-0.4, -0.2) is 80.1 Å². The molecule has 2 fully saturated rings. The van der Waals surface area contributed by atoms with E-state index in [4.69, 9.17) is 9.47 Å². The van der Waals surface area contributed by atoms with Crippen molar-refractivity contribution in [3.8, 4) is 0 Å². The number of hydrogen-bond acceptors (Lipinski definition) is 7. The number of piperazine rings is 1. The quantitative estimate of drug-likeness (QED) is 0.714. The maximum atomic E-state index is 12.5. The number of anilines is 1. The summed E-state index contributed by atoms with van der Waals surface area (Å²) in [6, 6.07) is 1.77. The summed E-state index contributed by atoms with van der Waals surface area (Å²) in [4.78, 5) is 41.6. The predicted molar refractivity (Wildman–Crippen MR) is 106 cm³/mol. The van der Waals surface area contributed by atoms with Gasteiger partial charge in [0.1, 0.15) is 11.1 Å². The lowest BCUT2D eigenvalue weighted by atomic mass is 10.2. The zero-order chi connectivity index (χ0) is 20.1. The van der Waals surface area contributed by atoms with Crippen molar-refractivity contribution in [2.24, 2.45) is 0 Å². The smallest absolute Gasteiger partial charge is 0.340 e. The Kier molecular flexibility index (Phi) is 7.03. The third-order valence-corrected chi connectivity index (χ3v) is 6.24. The van der Waals surface area contributed by atoms with Crippen molar-refractivity contribution in [3.05, 3.63) is 16.5 Å². The molecule has 154 valence electrons. The van der Waals surface area contributed by atoms with E-state index in [1.54, 1.807) is 6.07 Å². The van der Waals surface area contributed by atoms with E-state index in [2.05, 4.69) is 5.32 Å². The molecule has 2 saturated heterocycles. The SMILES string of the molecule is CCc1cc(C(=O)OC)c(NC(=O)CN2CCN(C(=O)[C@@H]3CCCO3)CC2)s1. The van der Waals surface area contributed by atoms with Gasteiger partial charge in [0.2, 0.25) is 5.91 Å². The summed E-state index contributed by atoms with van der Waals surface area (Å²) in [5.41, 5.74) is 0.393. The molecule has 0 unspecified atom stereocenters. The second kappa shape index (κ2) is 9.49. The Labute approximate surface area is 168 Å². The van der Waals surface area contributed by atoms with E-state index in [1.165, 1.54) is 18.4 Å². The van der Waals surface area contributed by atoms with Crippen molar-refractivity contribution >= 4 is 34.1 Å². The van der Waals surface area contributed by atoms with Crippen LogP contribution in [0.4, 0.5) is 5.00 Å². The van der Waals surface area contributed by atoms with Gasteiger partial charge in [0, 0.05) is 37.7 Å². The van der Waals surface area contributed by atoms with Crippen LogP contribution >= 0.6 is 11.3 Å². The molecule has 0 radical (unpaired) electrons. The topological polar surface area (TPSA) is 88.2 Å². The second-order valence-corrected chi connectivity index (χ2v) is 8.09. The maximum Gasteiger partial charge on any atom is 0.340 e. The van der Waals surface area contributed by atoms with Crippen molar-refractivity contribution in [2.45, 2.75) is 32.3 Å². The van der Waals surface area contributed by atoms with Crippen LogP contribution < -0.4 is 5.32 Å². The van der Waals surface area contributed by atoms with Gasteiger partial charge in [-0.3, -0.25) is 14.5 Å². The summed E-state index contributed by atoms with van der Waals surface area (Å²) in [5.74, 6) is -0.559. The van der Waals surface area contributed by atoms with Crippen LogP contribution in [0, 0.1) is 0 Å². The Morgan fingerprint density at radius 2 is 2.04 bits per heavy atom. The summed E-state index contributed by atoms with van der Waals surface area (Å²) in [7, 11) is 1.33. The fraction of sp³-hybridized carbons (Fsp3) is 0.632. The third kappa shape index (κ3) is 4.89. The highest BCUT2D eigenvalue weighted by Gasteiger charge is 2.30. The lowest BCUT2D eigenvalue weighted by Gasteiger charge is -2.35. The van der Waals surface area contributed by atoms with Crippen LogP contribution in [0.5, 0.6) is 0 Å². The van der Waals surface area contributed by atoms with Gasteiger partial charge in [0.25, 0.3) is 5.91 Å². The molecule has 0 saturated carbocycles. The number of rotatable bonds is 6. The molecule has 0 spiro atoms. The molecule has 2 aliphatic rings. The molecule has 1 aromatic rings. The molecular formula is C19H27N3O5S. The van der Waals surface area contributed by atoms with Gasteiger partial charge in [0.05, 0.1) is 19.2 Å². The molecule has 9 heteroatoms. The van der Waals surface area contributed by atoms with Crippen LogP contribution in [-0.2, 0) is 25.5 Å². The number of amides is 2. The second-order valence-electron chi connectivity index (χ2n) is 6.95. The van der Waals surface area contributed by atoms with Gasteiger partial charge < -0.3 is 19.7 Å². The van der Waals surface area contributed by atoms with Gasteiger partial charge >= 0.3 is 5.97 Å². The van der Waals surface area contributed by atoms with Gasteiger partial charge in [-0.05, 0) is 25.3 Å². The number of carbonyl (C=O) groups is 3. The average Bonchev–Trinajstić information content (AvgIpc) is 3.37. The Morgan fingerprint density at radius 1 is 1.29 bits per heavy atom. The summed E-state index contributed by atoms with van der Waals surface area (Å²) in [5, 5.41) is 3.37. The van der Waals surface area contributed by atoms with Gasteiger partial charge in [-0.15, -0.1) is 11.3 Å². The summed E-state index contributed by atoms with van der Waals surface area (Å²) < 4.78 is 10.3. The predicted octanol–water partition coefficient (Wildman–Crippen LogP) is 1.36. The van der Waals surface area contributed by atoms with Crippen molar-refractivity contribution in [1.82, 2.24) is 9.80 Å². The number of thiophene rings is 1. The molecule has 28 heavy (non-hydrogen) atoms. The Hall–Kier alpha value is -1.97. The van der Waals surface area contributed by atoms with Gasteiger partial charge in [-0.25, -0.2) is 4.79 Å². The van der Waals surface area contributed by atoms with Crippen LogP contribution in [0.15, 0.2) is 6.07 Å². The van der Waals surface area contributed by atoms with Crippen LogP contribution in [0.2, 0.25) is 0 Å². The highest BCUT2D eigenvalue weighted by atomic mass is 32.1. The Bertz CT molecular complexity index is 721. The molecule has 3 rings (SSSR count). The molecular weight excluding hydrogens is 382 g/mol. The van der Waals surface area contributed by atoms with E-state index in [9.17, 15) is 14.4 Å². The van der Waals surface area contributed by atoms with Gasteiger partial charge in [-0.1, -0.05) is 6.92 Å². The van der Waals surface area contributed by atoms with Gasteiger partial charge in [0.15, 0.2) is 0 Å². The molecule has 8 nitrogen and oxygen atoms in total. The third-order valence-electron chi connectivity index (χ3n) is 5.05. The first kappa shape index (κ1) is 20.8. The minimum Gasteiger partial charge on any atom is -0.465 e. The number of methoxy groups -OCH3 is 1. The number of carbonyl (C=O) groups excluding carboxylic acids is 3. The van der Waals surface area contributed by atoms with Crippen molar-refractivity contribution in [2.75, 3.05) is 51.8 Å². The molecule has 1 atom stereocenters. The Morgan fingerprint density at radius 3 is 2.64 bits per heavy atom. The standard InChI is InChI=1S/C19H27N3O5S/c1-3-13-11-14(19(25)26-2)17(28-13)20-16(23)12-21-6-8-22(9-7-21)18(24)15-5-4-10-27-15/h11,15H,3-10,12H2,1-2H3,(H,20,23)/t15-/m0/s1. The first-order valence-electron chi connectivity index (χ1n) is 9.65. The normalized spacial score (nSPS) is 20.2. The van der Waals surface area contributed by atoms with Gasteiger partial charge in [-0.2, -0.15) is 0 Å². The van der Waals surface area contributed by atoms with Crippen LogP contribution in [0.3, 0.4) is 0 Å². The summed E-state index contributed by atoms with van der Waals surface area (Å²) in [6.45, 7) is 5.35. The lowest BCUT2D eigenvalue weighted by molar-refractivity contribution is -0.142. The molecule has 2 amide bonds. The molecule has 0 bridgehead atoms. The molecule has 2 aliphatic heterocycles. The molecule has 1 N–H and O–H groups in total. The van der Waals surface area contributed by atoms with E-state index in [0.717, 1.165) is 24.1 Å². The first-order valence-corrected chi connectivity index (χ1v) is 10.5. The number of nitrogens with one attached hydrogen (secondary N) is 1. The first-order chi connectivity index (χ1) is 13.5. The number of hydrogen-bond donors (Lipinski definition) is 1. The molecule has 0 aliphatic carbocycles. The number of nitrogens with zero attached hydrogens (tertiary/aromatic N) is 2. The highest BCUT2D eigenvalue weighted by Crippen LogP contribution is 2.29. The zero-order valence-electron chi connectivity index (χ0n) is 16.4. The zero-order valence-corrected chi connectivity index (χ0v) is 17.2. The average molecular weight is 410 g/mol. The fourth-order valence-electron chi connectivity index (χ4n) is 3.44. The lowest BCUT2D eigenvalue weighted by Crippen LogP contribution is -2.52. The summed E-state index contributed by atoms with van der Waals surface area (Å²) >= 11 is 1.39. The molecule has 1 aromatic heterocycles. The number of esters is 1. The minimum absolute atomic E-state index is 0.0648. The van der Waals surface area contributed by atoms with Crippen molar-refractivity contribution < 1.29 is 23.9 Å². The van der Waals surface area contributed by atoms with Crippen LogP contribution in [0.1, 0.15) is 35.0 Å². The highest BCUT2D eigenvalue weighted by molar-refractivity contribution is 7.16. The maximum absolute atomic E-state index is 12.5. The molecule has 3 heterocycles. The summed E-state index contributed by atoms with van der Waals surface area (Å²) in [6.07, 6.45) is 2.22. The molecule has 0 aromatic carbocycles. The number of aryl methyl sites for hydroxylation is 1. The van der Waals surface area contributed by atoms with E-state index in [0.29, 0.717) is 43.4 Å². The largest absolute Gasteiger partial charge is 0.465 e. The number of ether oxygens (including phenoxy) is 2.